The zero-order chi connectivity index (χ0) is 13.7. The molecule has 0 heterocycles. The molecule has 19 heavy (non-hydrogen) atoms. The van der Waals surface area contributed by atoms with Gasteiger partial charge < -0.3 is 5.11 Å². The lowest BCUT2D eigenvalue weighted by Gasteiger charge is -2.17. The molecule has 0 amide bonds. The lowest BCUT2D eigenvalue weighted by Crippen LogP contribution is -2.14. The fraction of sp³-hybridized carbons (Fsp3) is 0.333. The predicted molar refractivity (Wildman–Crippen MR) is 80.4 cm³/mol. The average Bonchev–Trinajstić information content (AvgIpc) is 2.39. The Morgan fingerprint density at radius 1 is 1.00 bits per heavy atom. The lowest BCUT2D eigenvalue weighted by atomic mass is 9.92. The van der Waals surface area contributed by atoms with Gasteiger partial charge in [0.05, 0.1) is 6.10 Å². The van der Waals surface area contributed by atoms with E-state index >= 15 is 0 Å². The molecule has 1 nitrogen and oxygen atoms in total. The van der Waals surface area contributed by atoms with Crippen LogP contribution in [0, 0.1) is 6.92 Å². The van der Waals surface area contributed by atoms with Crippen molar-refractivity contribution in [2.75, 3.05) is 0 Å². The van der Waals surface area contributed by atoms with Crippen LogP contribution in [0.25, 0.3) is 0 Å². The van der Waals surface area contributed by atoms with E-state index in [1.54, 1.807) is 0 Å². The molecular formula is C18H22O. The van der Waals surface area contributed by atoms with E-state index in [1.165, 1.54) is 16.7 Å². The van der Waals surface area contributed by atoms with Gasteiger partial charge in [-0.1, -0.05) is 67.1 Å². The SMILES string of the molecule is Cc1cccc(CC(O)CC(C)c2ccccc2)c1. The fourth-order valence-corrected chi connectivity index (χ4v) is 2.52. The van der Waals surface area contributed by atoms with E-state index in [-0.39, 0.29) is 6.10 Å². The molecule has 2 aromatic rings. The minimum atomic E-state index is -0.281. The normalized spacial score (nSPS) is 14.1. The van der Waals surface area contributed by atoms with Crippen molar-refractivity contribution in [3.63, 3.8) is 0 Å². The molecule has 2 unspecified atom stereocenters. The maximum Gasteiger partial charge on any atom is 0.0586 e. The van der Waals surface area contributed by atoms with Crippen molar-refractivity contribution < 1.29 is 5.11 Å². The van der Waals surface area contributed by atoms with Crippen molar-refractivity contribution >= 4 is 0 Å². The highest BCUT2D eigenvalue weighted by atomic mass is 16.3. The molecule has 0 saturated carbocycles. The topological polar surface area (TPSA) is 20.2 Å². The van der Waals surface area contributed by atoms with Crippen LogP contribution in [0.3, 0.4) is 0 Å². The number of aliphatic hydroxyl groups excluding tert-OH is 1. The summed E-state index contributed by atoms with van der Waals surface area (Å²) >= 11 is 0. The number of aryl methyl sites for hydroxylation is 1. The summed E-state index contributed by atoms with van der Waals surface area (Å²) in [6.45, 7) is 4.26. The number of aliphatic hydroxyl groups is 1. The van der Waals surface area contributed by atoms with Crippen LogP contribution < -0.4 is 0 Å². The van der Waals surface area contributed by atoms with Gasteiger partial charge in [0, 0.05) is 0 Å². The van der Waals surface area contributed by atoms with Crippen LogP contribution >= 0.6 is 0 Å². The van der Waals surface area contributed by atoms with Crippen molar-refractivity contribution in [3.8, 4) is 0 Å². The molecule has 0 bridgehead atoms. The second-order valence-corrected chi connectivity index (χ2v) is 5.39. The third-order valence-electron chi connectivity index (χ3n) is 3.55. The highest BCUT2D eigenvalue weighted by Crippen LogP contribution is 2.21. The van der Waals surface area contributed by atoms with Crippen LogP contribution in [0.5, 0.6) is 0 Å². The van der Waals surface area contributed by atoms with Crippen LogP contribution in [-0.2, 0) is 6.42 Å². The van der Waals surface area contributed by atoms with Gasteiger partial charge in [0.2, 0.25) is 0 Å². The number of hydrogen-bond donors (Lipinski definition) is 1. The van der Waals surface area contributed by atoms with Gasteiger partial charge in [-0.05, 0) is 36.8 Å². The Kier molecular flexibility index (Phi) is 4.75. The molecule has 100 valence electrons. The first-order valence-corrected chi connectivity index (χ1v) is 6.93. The molecule has 2 atom stereocenters. The molecule has 0 fully saturated rings. The molecule has 2 aromatic carbocycles. The van der Waals surface area contributed by atoms with E-state index in [2.05, 4.69) is 62.4 Å². The van der Waals surface area contributed by atoms with Gasteiger partial charge in [0.25, 0.3) is 0 Å². The van der Waals surface area contributed by atoms with Crippen molar-refractivity contribution in [2.45, 2.75) is 38.7 Å². The van der Waals surface area contributed by atoms with Crippen LogP contribution in [0.4, 0.5) is 0 Å². The summed E-state index contributed by atoms with van der Waals surface area (Å²) in [6, 6.07) is 18.8. The minimum absolute atomic E-state index is 0.281. The van der Waals surface area contributed by atoms with Crippen molar-refractivity contribution in [2.24, 2.45) is 0 Å². The molecule has 0 aromatic heterocycles. The quantitative estimate of drug-likeness (QED) is 0.852. The first kappa shape index (κ1) is 13.8. The summed E-state index contributed by atoms with van der Waals surface area (Å²) in [7, 11) is 0. The van der Waals surface area contributed by atoms with E-state index < -0.39 is 0 Å². The maximum absolute atomic E-state index is 10.2. The van der Waals surface area contributed by atoms with Crippen LogP contribution in [0.15, 0.2) is 54.6 Å². The van der Waals surface area contributed by atoms with Crippen molar-refractivity contribution in [1.29, 1.82) is 0 Å². The van der Waals surface area contributed by atoms with Gasteiger partial charge in [-0.25, -0.2) is 0 Å². The fourth-order valence-electron chi connectivity index (χ4n) is 2.52. The second kappa shape index (κ2) is 6.53. The molecule has 0 radical (unpaired) electrons. The van der Waals surface area contributed by atoms with E-state index in [9.17, 15) is 5.11 Å². The summed E-state index contributed by atoms with van der Waals surface area (Å²) in [5.74, 6) is 0.390. The van der Waals surface area contributed by atoms with Gasteiger partial charge in [-0.3, -0.25) is 0 Å². The van der Waals surface area contributed by atoms with E-state index in [4.69, 9.17) is 0 Å². The summed E-state index contributed by atoms with van der Waals surface area (Å²) in [5, 5.41) is 10.2. The number of hydrogen-bond acceptors (Lipinski definition) is 1. The molecule has 2 rings (SSSR count). The highest BCUT2D eigenvalue weighted by molar-refractivity contribution is 5.23. The van der Waals surface area contributed by atoms with Crippen LogP contribution in [0.1, 0.15) is 36.0 Å². The monoisotopic (exact) mass is 254 g/mol. The van der Waals surface area contributed by atoms with E-state index in [0.717, 1.165) is 12.8 Å². The Morgan fingerprint density at radius 2 is 1.74 bits per heavy atom. The van der Waals surface area contributed by atoms with Crippen LogP contribution in [0.2, 0.25) is 0 Å². The minimum Gasteiger partial charge on any atom is -0.393 e. The first-order valence-electron chi connectivity index (χ1n) is 6.93. The standard InChI is InChI=1S/C18H22O/c1-14-7-6-8-16(11-14)13-18(19)12-15(2)17-9-4-3-5-10-17/h3-11,15,18-19H,12-13H2,1-2H3. The zero-order valence-corrected chi connectivity index (χ0v) is 11.7. The highest BCUT2D eigenvalue weighted by Gasteiger charge is 2.12. The van der Waals surface area contributed by atoms with E-state index in [1.807, 2.05) is 6.07 Å². The van der Waals surface area contributed by atoms with E-state index in [0.29, 0.717) is 5.92 Å². The van der Waals surface area contributed by atoms with Crippen molar-refractivity contribution in [3.05, 3.63) is 71.3 Å². The lowest BCUT2D eigenvalue weighted by molar-refractivity contribution is 0.157. The molecule has 0 aliphatic heterocycles. The molecular weight excluding hydrogens is 232 g/mol. The summed E-state index contributed by atoms with van der Waals surface area (Å²) in [6.07, 6.45) is 1.26. The summed E-state index contributed by atoms with van der Waals surface area (Å²) in [5.41, 5.74) is 3.76. The first-order chi connectivity index (χ1) is 9.15. The Hall–Kier alpha value is -1.60. The summed E-state index contributed by atoms with van der Waals surface area (Å²) in [4.78, 5) is 0. The predicted octanol–water partition coefficient (Wildman–Crippen LogP) is 4.09. The van der Waals surface area contributed by atoms with Gasteiger partial charge in [-0.15, -0.1) is 0 Å². The Morgan fingerprint density at radius 3 is 2.42 bits per heavy atom. The van der Waals surface area contributed by atoms with Crippen molar-refractivity contribution in [1.82, 2.24) is 0 Å². The molecule has 0 aliphatic rings. The number of rotatable bonds is 5. The largest absolute Gasteiger partial charge is 0.393 e. The van der Waals surface area contributed by atoms with Gasteiger partial charge >= 0.3 is 0 Å². The summed E-state index contributed by atoms with van der Waals surface area (Å²) < 4.78 is 0. The third-order valence-corrected chi connectivity index (χ3v) is 3.55. The molecule has 0 aliphatic carbocycles. The Balaban J connectivity index is 1.92. The van der Waals surface area contributed by atoms with Gasteiger partial charge in [0.1, 0.15) is 0 Å². The Bertz CT molecular complexity index is 504. The molecule has 1 N–H and O–H groups in total. The Labute approximate surface area is 115 Å². The average molecular weight is 254 g/mol. The smallest absolute Gasteiger partial charge is 0.0586 e. The molecule has 0 saturated heterocycles. The maximum atomic E-state index is 10.2. The van der Waals surface area contributed by atoms with Crippen LogP contribution in [-0.4, -0.2) is 11.2 Å². The zero-order valence-electron chi connectivity index (χ0n) is 11.7. The molecule has 1 heteroatoms. The third kappa shape index (κ3) is 4.22. The number of benzene rings is 2. The second-order valence-electron chi connectivity index (χ2n) is 5.39. The van der Waals surface area contributed by atoms with Gasteiger partial charge in [0.15, 0.2) is 0 Å². The molecule has 0 spiro atoms. The van der Waals surface area contributed by atoms with Gasteiger partial charge in [-0.2, -0.15) is 0 Å².